The van der Waals surface area contributed by atoms with Crippen LogP contribution in [0.3, 0.4) is 0 Å². The maximum atomic E-state index is 12.6. The quantitative estimate of drug-likeness (QED) is 0.341. The van der Waals surface area contributed by atoms with Gasteiger partial charge in [-0.3, -0.25) is 14.3 Å². The van der Waals surface area contributed by atoms with Gasteiger partial charge in [0, 0.05) is 31.4 Å². The van der Waals surface area contributed by atoms with Crippen molar-refractivity contribution in [2.45, 2.75) is 12.8 Å². The standard InChI is InChI=1S/C18H23N5O2S.HI/c19-18(21-11-8-16-6-3-4-10-20-16)22-12-14-26(24,25)23-13-9-15-5-1-2-7-17(15)23;/h1-7,10H,8-9,11-14H2,(H3,19,21,22);1H. The van der Waals surface area contributed by atoms with Gasteiger partial charge < -0.3 is 11.1 Å². The Balaban J connectivity index is 0.00000261. The minimum absolute atomic E-state index is 0. The second-order valence-corrected chi connectivity index (χ2v) is 8.04. The predicted octanol–water partition coefficient (Wildman–Crippen LogP) is 1.54. The summed E-state index contributed by atoms with van der Waals surface area (Å²) < 4.78 is 26.6. The second kappa shape index (κ2) is 9.88. The van der Waals surface area contributed by atoms with E-state index >= 15 is 0 Å². The van der Waals surface area contributed by atoms with Gasteiger partial charge in [-0.05, 0) is 30.2 Å². The van der Waals surface area contributed by atoms with Crippen molar-refractivity contribution in [3.05, 3.63) is 59.9 Å². The van der Waals surface area contributed by atoms with Gasteiger partial charge in [-0.2, -0.15) is 0 Å². The average molecular weight is 501 g/mol. The molecule has 0 fully saturated rings. The zero-order valence-electron chi connectivity index (χ0n) is 14.9. The van der Waals surface area contributed by atoms with Crippen molar-refractivity contribution in [3.63, 3.8) is 0 Å². The summed E-state index contributed by atoms with van der Waals surface area (Å²) in [5.41, 5.74) is 8.61. The molecule has 3 rings (SSSR count). The van der Waals surface area contributed by atoms with Gasteiger partial charge in [-0.1, -0.05) is 24.3 Å². The van der Waals surface area contributed by atoms with E-state index < -0.39 is 10.0 Å². The summed E-state index contributed by atoms with van der Waals surface area (Å²) in [5.74, 6) is 0.183. The lowest BCUT2D eigenvalue weighted by Gasteiger charge is -2.18. The molecule has 0 saturated heterocycles. The van der Waals surface area contributed by atoms with Crippen LogP contribution in [0.1, 0.15) is 11.3 Å². The average Bonchev–Trinajstić information content (AvgIpc) is 3.07. The molecule has 0 aliphatic carbocycles. The van der Waals surface area contributed by atoms with Crippen LogP contribution in [0.25, 0.3) is 0 Å². The number of hydrogen-bond donors (Lipinski definition) is 2. The lowest BCUT2D eigenvalue weighted by molar-refractivity contribution is 0.592. The molecule has 0 amide bonds. The summed E-state index contributed by atoms with van der Waals surface area (Å²) in [6.07, 6.45) is 3.21. The normalized spacial score (nSPS) is 13.8. The molecule has 2 aromatic rings. The Labute approximate surface area is 177 Å². The SMILES string of the molecule is I.NC(=NCCS(=O)(=O)N1CCc2ccccc21)NCCc1ccccn1. The van der Waals surface area contributed by atoms with Crippen molar-refractivity contribution in [3.8, 4) is 0 Å². The number of nitrogens with one attached hydrogen (secondary N) is 1. The molecule has 0 atom stereocenters. The van der Waals surface area contributed by atoms with E-state index in [2.05, 4.69) is 15.3 Å². The van der Waals surface area contributed by atoms with Crippen LogP contribution in [0.15, 0.2) is 53.7 Å². The summed E-state index contributed by atoms with van der Waals surface area (Å²) in [6.45, 7) is 1.21. The number of halogens is 1. The fourth-order valence-electron chi connectivity index (χ4n) is 2.91. The van der Waals surface area contributed by atoms with Crippen molar-refractivity contribution < 1.29 is 8.42 Å². The van der Waals surface area contributed by atoms with Crippen LogP contribution in [-0.4, -0.2) is 44.7 Å². The number of aliphatic imine (C=N–C) groups is 1. The number of fused-ring (bicyclic) bond motifs is 1. The molecule has 9 heteroatoms. The number of hydrogen-bond acceptors (Lipinski definition) is 4. The summed E-state index contributed by atoms with van der Waals surface area (Å²) in [6, 6.07) is 13.3. The Morgan fingerprint density at radius 3 is 2.78 bits per heavy atom. The number of nitrogens with zero attached hydrogens (tertiary/aromatic N) is 3. The monoisotopic (exact) mass is 501 g/mol. The largest absolute Gasteiger partial charge is 0.370 e. The van der Waals surface area contributed by atoms with E-state index in [1.165, 1.54) is 4.31 Å². The van der Waals surface area contributed by atoms with Crippen LogP contribution in [0.4, 0.5) is 5.69 Å². The zero-order chi connectivity index (χ0) is 18.4. The number of nitrogens with two attached hydrogens (primary N) is 1. The van der Waals surface area contributed by atoms with Crippen LogP contribution < -0.4 is 15.4 Å². The number of para-hydroxylation sites is 1. The van der Waals surface area contributed by atoms with E-state index in [4.69, 9.17) is 5.73 Å². The fourth-order valence-corrected chi connectivity index (χ4v) is 4.30. The van der Waals surface area contributed by atoms with Gasteiger partial charge in [-0.15, -0.1) is 24.0 Å². The number of benzene rings is 1. The molecule has 146 valence electrons. The highest BCUT2D eigenvalue weighted by Gasteiger charge is 2.28. The first kappa shape index (κ1) is 21.4. The third kappa shape index (κ3) is 5.80. The maximum absolute atomic E-state index is 12.6. The van der Waals surface area contributed by atoms with Crippen molar-refractivity contribution in [1.82, 2.24) is 10.3 Å². The lowest BCUT2D eigenvalue weighted by atomic mass is 10.2. The topological polar surface area (TPSA) is 101 Å². The molecular weight excluding hydrogens is 477 g/mol. The van der Waals surface area contributed by atoms with E-state index in [-0.39, 0.29) is 42.2 Å². The minimum Gasteiger partial charge on any atom is -0.370 e. The summed E-state index contributed by atoms with van der Waals surface area (Å²) >= 11 is 0. The summed E-state index contributed by atoms with van der Waals surface area (Å²) in [7, 11) is -3.40. The molecule has 1 aliphatic rings. The van der Waals surface area contributed by atoms with E-state index in [0.717, 1.165) is 29.8 Å². The predicted molar refractivity (Wildman–Crippen MR) is 119 cm³/mol. The Morgan fingerprint density at radius 2 is 2.00 bits per heavy atom. The second-order valence-electron chi connectivity index (χ2n) is 6.03. The molecule has 3 N–H and O–H groups in total. The van der Waals surface area contributed by atoms with Crippen LogP contribution >= 0.6 is 24.0 Å². The van der Waals surface area contributed by atoms with Gasteiger partial charge in [0.25, 0.3) is 0 Å². The number of sulfonamides is 1. The smallest absolute Gasteiger partial charge is 0.237 e. The first-order valence-corrected chi connectivity index (χ1v) is 10.2. The lowest BCUT2D eigenvalue weighted by Crippen LogP contribution is -2.35. The first-order chi connectivity index (χ1) is 12.6. The highest BCUT2D eigenvalue weighted by molar-refractivity contribution is 14.0. The molecule has 0 bridgehead atoms. The van der Waals surface area contributed by atoms with E-state index in [1.54, 1.807) is 6.20 Å². The zero-order valence-corrected chi connectivity index (χ0v) is 18.1. The molecular formula is C18H24IN5O2S. The van der Waals surface area contributed by atoms with Crippen LogP contribution in [0.2, 0.25) is 0 Å². The van der Waals surface area contributed by atoms with Crippen LogP contribution in [0, 0.1) is 0 Å². The number of rotatable bonds is 7. The Hall–Kier alpha value is -1.88. The maximum Gasteiger partial charge on any atom is 0.237 e. The number of pyridine rings is 1. The Kier molecular flexibility index (Phi) is 7.84. The van der Waals surface area contributed by atoms with Crippen molar-refractivity contribution >= 4 is 45.6 Å². The number of aromatic nitrogens is 1. The molecule has 7 nitrogen and oxygen atoms in total. The fraction of sp³-hybridized carbons (Fsp3) is 0.333. The van der Waals surface area contributed by atoms with Gasteiger partial charge in [-0.25, -0.2) is 8.42 Å². The third-order valence-electron chi connectivity index (χ3n) is 4.23. The van der Waals surface area contributed by atoms with E-state index in [9.17, 15) is 8.42 Å². The molecule has 1 aromatic carbocycles. The van der Waals surface area contributed by atoms with Gasteiger partial charge in [0.2, 0.25) is 10.0 Å². The van der Waals surface area contributed by atoms with Crippen molar-refractivity contribution in [2.75, 3.05) is 29.7 Å². The van der Waals surface area contributed by atoms with Gasteiger partial charge >= 0.3 is 0 Å². The molecule has 0 unspecified atom stereocenters. The minimum atomic E-state index is -3.40. The molecule has 27 heavy (non-hydrogen) atoms. The number of guanidine groups is 1. The molecule has 1 aliphatic heterocycles. The Bertz CT molecular complexity index is 874. The highest BCUT2D eigenvalue weighted by Crippen LogP contribution is 2.29. The number of anilines is 1. The first-order valence-electron chi connectivity index (χ1n) is 8.58. The van der Waals surface area contributed by atoms with Crippen molar-refractivity contribution in [2.24, 2.45) is 10.7 Å². The van der Waals surface area contributed by atoms with E-state index in [0.29, 0.717) is 13.1 Å². The molecule has 1 aromatic heterocycles. The van der Waals surface area contributed by atoms with Crippen molar-refractivity contribution in [1.29, 1.82) is 0 Å². The summed E-state index contributed by atoms with van der Waals surface area (Å²) in [4.78, 5) is 8.35. The Morgan fingerprint density at radius 1 is 1.22 bits per heavy atom. The van der Waals surface area contributed by atoms with Gasteiger partial charge in [0.15, 0.2) is 5.96 Å². The molecule has 0 saturated carbocycles. The van der Waals surface area contributed by atoms with E-state index in [1.807, 2.05) is 42.5 Å². The van der Waals surface area contributed by atoms with Crippen LogP contribution in [0.5, 0.6) is 0 Å². The van der Waals surface area contributed by atoms with Gasteiger partial charge in [0.1, 0.15) is 0 Å². The summed E-state index contributed by atoms with van der Waals surface area (Å²) in [5, 5.41) is 2.98. The highest BCUT2D eigenvalue weighted by atomic mass is 127. The van der Waals surface area contributed by atoms with Crippen LogP contribution in [-0.2, 0) is 22.9 Å². The molecule has 0 spiro atoms. The molecule has 2 heterocycles. The molecule has 0 radical (unpaired) electrons. The van der Waals surface area contributed by atoms with Gasteiger partial charge in [0.05, 0.1) is 18.0 Å². The third-order valence-corrected chi connectivity index (χ3v) is 5.97.